The quantitative estimate of drug-likeness (QED) is 0.801. The van der Waals surface area contributed by atoms with E-state index in [4.69, 9.17) is 4.74 Å². The lowest BCUT2D eigenvalue weighted by molar-refractivity contribution is 0.0400. The van der Waals surface area contributed by atoms with Gasteiger partial charge in [-0.2, -0.15) is 12.8 Å². The number of hydrogen-bond donors (Lipinski definition) is 1. The van der Waals surface area contributed by atoms with E-state index in [2.05, 4.69) is 0 Å². The number of ether oxygens (including phenoxy) is 1. The van der Waals surface area contributed by atoms with E-state index in [0.717, 1.165) is 4.41 Å². The van der Waals surface area contributed by atoms with Gasteiger partial charge in [0.1, 0.15) is 0 Å². The SMILES string of the molecule is O=S(=O)(O)N(c1ccccc1)N1CCOCC1. The molecule has 0 aromatic heterocycles. The Labute approximate surface area is 100 Å². The van der Waals surface area contributed by atoms with Crippen LogP contribution in [-0.4, -0.2) is 44.3 Å². The molecule has 0 unspecified atom stereocenters. The van der Waals surface area contributed by atoms with E-state index in [1.54, 1.807) is 35.3 Å². The van der Waals surface area contributed by atoms with E-state index in [-0.39, 0.29) is 0 Å². The van der Waals surface area contributed by atoms with Crippen molar-refractivity contribution in [3.8, 4) is 0 Å². The molecule has 1 aliphatic heterocycles. The van der Waals surface area contributed by atoms with E-state index in [1.807, 2.05) is 0 Å². The topological polar surface area (TPSA) is 70.1 Å². The molecule has 94 valence electrons. The largest absolute Gasteiger partial charge is 0.379 e. The average molecular weight is 258 g/mol. The van der Waals surface area contributed by atoms with Gasteiger partial charge in [-0.25, -0.2) is 5.01 Å². The fourth-order valence-corrected chi connectivity index (χ4v) is 2.58. The van der Waals surface area contributed by atoms with E-state index >= 15 is 0 Å². The first-order valence-corrected chi connectivity index (χ1v) is 6.64. The van der Waals surface area contributed by atoms with Gasteiger partial charge in [0, 0.05) is 13.1 Å². The minimum absolute atomic E-state index is 0.414. The van der Waals surface area contributed by atoms with Crippen molar-refractivity contribution in [3.05, 3.63) is 30.3 Å². The molecule has 0 spiro atoms. The minimum Gasteiger partial charge on any atom is -0.379 e. The summed E-state index contributed by atoms with van der Waals surface area (Å²) in [5.41, 5.74) is 0.414. The second-order valence-electron chi connectivity index (χ2n) is 3.62. The summed E-state index contributed by atoms with van der Waals surface area (Å²) in [5.74, 6) is 0. The average Bonchev–Trinajstić information content (AvgIpc) is 2.30. The molecule has 6 nitrogen and oxygen atoms in total. The minimum atomic E-state index is -4.31. The van der Waals surface area contributed by atoms with Crippen LogP contribution in [-0.2, 0) is 15.0 Å². The first-order chi connectivity index (χ1) is 8.09. The summed E-state index contributed by atoms with van der Waals surface area (Å²) in [4.78, 5) is 0. The number of nitrogens with zero attached hydrogens (tertiary/aromatic N) is 2. The maximum Gasteiger partial charge on any atom is 0.373 e. The lowest BCUT2D eigenvalue weighted by Crippen LogP contribution is -2.51. The molecule has 1 heterocycles. The zero-order valence-electron chi connectivity index (χ0n) is 9.19. The summed E-state index contributed by atoms with van der Waals surface area (Å²) >= 11 is 0. The number of morpholine rings is 1. The van der Waals surface area contributed by atoms with Crippen LogP contribution in [0.15, 0.2) is 30.3 Å². The van der Waals surface area contributed by atoms with Crippen molar-refractivity contribution in [1.29, 1.82) is 0 Å². The summed E-state index contributed by atoms with van der Waals surface area (Å²) in [6.45, 7) is 1.74. The fourth-order valence-electron chi connectivity index (χ4n) is 1.73. The van der Waals surface area contributed by atoms with E-state index in [0.29, 0.717) is 32.0 Å². The standard InChI is InChI=1S/C10H14N2O4S/c13-17(14,15)12(10-4-2-1-3-5-10)11-6-8-16-9-7-11/h1-5H,6-9H2,(H,13,14,15). The molecule has 0 radical (unpaired) electrons. The Hall–Kier alpha value is -1.15. The smallest absolute Gasteiger partial charge is 0.373 e. The highest BCUT2D eigenvalue weighted by molar-refractivity contribution is 7.87. The predicted octanol–water partition coefficient (Wildman–Crippen LogP) is 0.543. The molecule has 0 bridgehead atoms. The Kier molecular flexibility index (Phi) is 3.63. The molecule has 1 saturated heterocycles. The van der Waals surface area contributed by atoms with Crippen LogP contribution in [0.4, 0.5) is 5.69 Å². The molecule has 0 amide bonds. The van der Waals surface area contributed by atoms with E-state index < -0.39 is 10.3 Å². The third-order valence-electron chi connectivity index (χ3n) is 2.44. The second-order valence-corrected chi connectivity index (χ2v) is 4.86. The Morgan fingerprint density at radius 3 is 2.29 bits per heavy atom. The maximum atomic E-state index is 11.4. The lowest BCUT2D eigenvalue weighted by atomic mass is 10.3. The third-order valence-corrected chi connectivity index (χ3v) is 3.32. The van der Waals surface area contributed by atoms with Gasteiger partial charge in [0.15, 0.2) is 0 Å². The molecular formula is C10H14N2O4S. The predicted molar refractivity (Wildman–Crippen MR) is 62.9 cm³/mol. The maximum absolute atomic E-state index is 11.4. The molecular weight excluding hydrogens is 244 g/mol. The molecule has 7 heteroatoms. The van der Waals surface area contributed by atoms with Crippen LogP contribution in [0.2, 0.25) is 0 Å². The highest BCUT2D eigenvalue weighted by atomic mass is 32.2. The number of para-hydroxylation sites is 1. The van der Waals surface area contributed by atoms with Crippen molar-refractivity contribution in [2.24, 2.45) is 0 Å². The Morgan fingerprint density at radius 1 is 1.18 bits per heavy atom. The second kappa shape index (κ2) is 5.01. The van der Waals surface area contributed by atoms with Gasteiger partial charge in [-0.1, -0.05) is 18.2 Å². The molecule has 0 aliphatic carbocycles. The summed E-state index contributed by atoms with van der Waals surface area (Å²) in [7, 11) is -4.31. The molecule has 0 saturated carbocycles. The van der Waals surface area contributed by atoms with Crippen molar-refractivity contribution in [2.75, 3.05) is 30.7 Å². The lowest BCUT2D eigenvalue weighted by Gasteiger charge is -2.35. The van der Waals surface area contributed by atoms with Gasteiger partial charge in [-0.3, -0.25) is 4.55 Å². The van der Waals surface area contributed by atoms with Crippen LogP contribution in [0.3, 0.4) is 0 Å². The van der Waals surface area contributed by atoms with Crippen LogP contribution >= 0.6 is 0 Å². The number of anilines is 1. The van der Waals surface area contributed by atoms with Gasteiger partial charge in [-0.05, 0) is 12.1 Å². The number of rotatable bonds is 3. The normalized spacial score (nSPS) is 17.9. The number of hydrogen-bond acceptors (Lipinski definition) is 4. The van der Waals surface area contributed by atoms with Gasteiger partial charge in [0.05, 0.1) is 18.9 Å². The van der Waals surface area contributed by atoms with Crippen molar-refractivity contribution in [3.63, 3.8) is 0 Å². The van der Waals surface area contributed by atoms with Gasteiger partial charge in [-0.15, -0.1) is 0 Å². The van der Waals surface area contributed by atoms with Crippen LogP contribution in [0.1, 0.15) is 0 Å². The van der Waals surface area contributed by atoms with E-state index in [9.17, 15) is 13.0 Å². The van der Waals surface area contributed by atoms with E-state index in [1.165, 1.54) is 0 Å². The van der Waals surface area contributed by atoms with Crippen LogP contribution < -0.4 is 4.41 Å². The van der Waals surface area contributed by atoms with Gasteiger partial charge >= 0.3 is 10.3 Å². The first-order valence-electron chi connectivity index (χ1n) is 5.24. The Morgan fingerprint density at radius 2 is 1.76 bits per heavy atom. The van der Waals surface area contributed by atoms with Crippen LogP contribution in [0, 0.1) is 0 Å². The number of hydrazine groups is 1. The molecule has 1 aromatic carbocycles. The fraction of sp³-hybridized carbons (Fsp3) is 0.400. The highest BCUT2D eigenvalue weighted by Gasteiger charge is 2.28. The van der Waals surface area contributed by atoms with Crippen molar-refractivity contribution < 1.29 is 17.7 Å². The van der Waals surface area contributed by atoms with Gasteiger partial charge in [0.25, 0.3) is 0 Å². The summed E-state index contributed by atoms with van der Waals surface area (Å²) in [6.07, 6.45) is 0. The first kappa shape index (κ1) is 12.3. The Bertz CT molecular complexity index is 456. The van der Waals surface area contributed by atoms with Crippen LogP contribution in [0.5, 0.6) is 0 Å². The molecule has 0 atom stereocenters. The van der Waals surface area contributed by atoms with Crippen LogP contribution in [0.25, 0.3) is 0 Å². The molecule has 2 rings (SSSR count). The molecule has 1 N–H and O–H groups in total. The highest BCUT2D eigenvalue weighted by Crippen LogP contribution is 2.19. The molecule has 17 heavy (non-hydrogen) atoms. The van der Waals surface area contributed by atoms with Gasteiger partial charge in [0.2, 0.25) is 0 Å². The monoisotopic (exact) mass is 258 g/mol. The summed E-state index contributed by atoms with van der Waals surface area (Å²) < 4.78 is 38.2. The summed E-state index contributed by atoms with van der Waals surface area (Å²) in [6, 6.07) is 8.47. The number of benzene rings is 1. The zero-order valence-corrected chi connectivity index (χ0v) is 10.0. The van der Waals surface area contributed by atoms with Crippen molar-refractivity contribution in [1.82, 2.24) is 5.01 Å². The summed E-state index contributed by atoms with van der Waals surface area (Å²) in [5, 5.41) is 1.55. The molecule has 1 aliphatic rings. The zero-order chi connectivity index (χ0) is 12.3. The van der Waals surface area contributed by atoms with Crippen molar-refractivity contribution >= 4 is 16.0 Å². The van der Waals surface area contributed by atoms with Crippen molar-refractivity contribution in [2.45, 2.75) is 0 Å². The molecule has 1 aromatic rings. The third kappa shape index (κ3) is 2.95. The Balaban J connectivity index is 2.32. The molecule has 1 fully saturated rings. The van der Waals surface area contributed by atoms with Gasteiger partial charge < -0.3 is 4.74 Å².